The first-order valence-electron chi connectivity index (χ1n) is 4.13. The van der Waals surface area contributed by atoms with Crippen LogP contribution in [0, 0.1) is 0 Å². The molecule has 1 aliphatic carbocycles. The van der Waals surface area contributed by atoms with Gasteiger partial charge in [-0.25, -0.2) is 4.98 Å². The van der Waals surface area contributed by atoms with Gasteiger partial charge in [-0.3, -0.25) is 4.79 Å². The number of nitrogens with two attached hydrogens (primary N) is 1. The molecule has 70 valence electrons. The number of aliphatic carboxylic acids is 1. The van der Waals surface area contributed by atoms with Crippen LogP contribution in [0.5, 0.6) is 0 Å². The number of carboxylic acids is 1. The Hall–Kier alpha value is -1.52. The van der Waals surface area contributed by atoms with Crippen molar-refractivity contribution in [2.45, 2.75) is 25.2 Å². The number of rotatable bonds is 3. The predicted octanol–water partition coefficient (Wildman–Crippen LogP) is 0.761. The zero-order valence-corrected chi connectivity index (χ0v) is 6.99. The number of hydrogen-bond acceptors (Lipinski definition) is 4. The van der Waals surface area contributed by atoms with Crippen LogP contribution in [0.3, 0.4) is 0 Å². The van der Waals surface area contributed by atoms with E-state index in [0.717, 1.165) is 18.5 Å². The molecule has 5 nitrogen and oxygen atoms in total. The number of hydrogen-bond donors (Lipinski definition) is 2. The molecule has 5 heteroatoms. The molecule has 1 aromatic rings. The summed E-state index contributed by atoms with van der Waals surface area (Å²) in [5, 5.41) is 8.48. The molecule has 1 heterocycles. The summed E-state index contributed by atoms with van der Waals surface area (Å²) in [6, 6.07) is 0. The van der Waals surface area contributed by atoms with Gasteiger partial charge in [-0.1, -0.05) is 0 Å². The third-order valence-corrected chi connectivity index (χ3v) is 1.99. The first-order chi connectivity index (χ1) is 6.16. The summed E-state index contributed by atoms with van der Waals surface area (Å²) in [5.41, 5.74) is 6.27. The number of anilines is 1. The van der Waals surface area contributed by atoms with E-state index in [2.05, 4.69) is 4.98 Å². The van der Waals surface area contributed by atoms with Crippen LogP contribution >= 0.6 is 0 Å². The van der Waals surface area contributed by atoms with Crippen LogP contribution < -0.4 is 5.73 Å². The lowest BCUT2D eigenvalue weighted by Gasteiger charge is -1.86. The summed E-state index contributed by atoms with van der Waals surface area (Å²) in [6.07, 6.45) is 1.95. The Kier molecular flexibility index (Phi) is 1.72. The van der Waals surface area contributed by atoms with Gasteiger partial charge >= 0.3 is 5.97 Å². The quantitative estimate of drug-likeness (QED) is 0.720. The van der Waals surface area contributed by atoms with Gasteiger partial charge in [0.15, 0.2) is 0 Å². The highest BCUT2D eigenvalue weighted by Crippen LogP contribution is 2.42. The van der Waals surface area contributed by atoms with Gasteiger partial charge in [0.05, 0.1) is 0 Å². The minimum absolute atomic E-state index is 0.198. The minimum atomic E-state index is -0.955. The molecule has 2 rings (SSSR count). The van der Waals surface area contributed by atoms with E-state index in [0.29, 0.717) is 5.92 Å². The van der Waals surface area contributed by atoms with Gasteiger partial charge in [-0.15, -0.1) is 0 Å². The molecular weight excluding hydrogens is 172 g/mol. The molecule has 0 radical (unpaired) electrons. The highest BCUT2D eigenvalue weighted by atomic mass is 16.4. The van der Waals surface area contributed by atoms with E-state index in [1.807, 2.05) is 0 Å². The van der Waals surface area contributed by atoms with Crippen molar-refractivity contribution >= 4 is 11.9 Å². The number of oxazole rings is 1. The lowest BCUT2D eigenvalue weighted by molar-refractivity contribution is -0.136. The standard InChI is InChI=1S/C8H10N2O3/c9-8-7(4-1-2-4)10-5(13-8)3-6(11)12/h4H,1-3,9H2,(H,11,12). The third-order valence-electron chi connectivity index (χ3n) is 1.99. The van der Waals surface area contributed by atoms with Gasteiger partial charge in [-0.05, 0) is 12.8 Å². The van der Waals surface area contributed by atoms with Crippen molar-refractivity contribution in [1.82, 2.24) is 4.98 Å². The van der Waals surface area contributed by atoms with E-state index in [1.165, 1.54) is 0 Å². The molecule has 0 atom stereocenters. The van der Waals surface area contributed by atoms with Crippen molar-refractivity contribution in [3.8, 4) is 0 Å². The monoisotopic (exact) mass is 182 g/mol. The fourth-order valence-corrected chi connectivity index (χ4v) is 1.25. The first kappa shape index (κ1) is 8.10. The molecule has 0 spiro atoms. The van der Waals surface area contributed by atoms with Crippen molar-refractivity contribution in [3.05, 3.63) is 11.6 Å². The molecule has 3 N–H and O–H groups in total. The molecule has 1 fully saturated rings. The molecule has 0 saturated heterocycles. The lowest BCUT2D eigenvalue weighted by atomic mass is 10.3. The second-order valence-electron chi connectivity index (χ2n) is 3.20. The van der Waals surface area contributed by atoms with Gasteiger partial charge in [0.2, 0.25) is 11.8 Å². The van der Waals surface area contributed by atoms with Gasteiger partial charge in [0.1, 0.15) is 12.1 Å². The van der Waals surface area contributed by atoms with E-state index in [9.17, 15) is 4.79 Å². The van der Waals surface area contributed by atoms with Crippen LogP contribution in [0.2, 0.25) is 0 Å². The van der Waals surface area contributed by atoms with Crippen molar-refractivity contribution in [3.63, 3.8) is 0 Å². The van der Waals surface area contributed by atoms with Crippen LogP contribution in [-0.2, 0) is 11.2 Å². The minimum Gasteiger partial charge on any atom is -0.481 e. The molecule has 1 aromatic heterocycles. The SMILES string of the molecule is Nc1oc(CC(=O)O)nc1C1CC1. The highest BCUT2D eigenvalue weighted by molar-refractivity contribution is 5.69. The van der Waals surface area contributed by atoms with Crippen molar-refractivity contribution in [2.75, 3.05) is 5.73 Å². The Labute approximate surface area is 74.6 Å². The fourth-order valence-electron chi connectivity index (χ4n) is 1.25. The van der Waals surface area contributed by atoms with Gasteiger partial charge in [-0.2, -0.15) is 0 Å². The number of aromatic nitrogens is 1. The van der Waals surface area contributed by atoms with Crippen LogP contribution in [0.25, 0.3) is 0 Å². The fraction of sp³-hybridized carbons (Fsp3) is 0.500. The largest absolute Gasteiger partial charge is 0.481 e. The molecular formula is C8H10N2O3. The second-order valence-corrected chi connectivity index (χ2v) is 3.20. The lowest BCUT2D eigenvalue weighted by Crippen LogP contribution is -2.00. The predicted molar refractivity (Wildman–Crippen MR) is 44.2 cm³/mol. The molecule has 1 saturated carbocycles. The Morgan fingerprint density at radius 1 is 1.69 bits per heavy atom. The maximum atomic E-state index is 10.3. The van der Waals surface area contributed by atoms with E-state index >= 15 is 0 Å². The van der Waals surface area contributed by atoms with Crippen molar-refractivity contribution in [1.29, 1.82) is 0 Å². The summed E-state index contributed by atoms with van der Waals surface area (Å²) >= 11 is 0. The highest BCUT2D eigenvalue weighted by Gasteiger charge is 2.30. The Balaban J connectivity index is 2.19. The maximum Gasteiger partial charge on any atom is 0.312 e. The summed E-state index contributed by atoms with van der Waals surface area (Å²) in [5.74, 6) is -0.0828. The van der Waals surface area contributed by atoms with Gasteiger partial charge < -0.3 is 15.3 Å². The molecule has 0 aliphatic heterocycles. The summed E-state index contributed by atoms with van der Waals surface area (Å²) in [7, 11) is 0. The second kappa shape index (κ2) is 2.76. The van der Waals surface area contributed by atoms with Crippen molar-refractivity contribution < 1.29 is 14.3 Å². The van der Waals surface area contributed by atoms with Gasteiger partial charge in [0, 0.05) is 5.92 Å². The van der Waals surface area contributed by atoms with E-state index < -0.39 is 5.97 Å². The molecule has 0 bridgehead atoms. The average molecular weight is 182 g/mol. The number of carboxylic acid groups (broad SMARTS) is 1. The Morgan fingerprint density at radius 3 is 2.92 bits per heavy atom. The zero-order chi connectivity index (χ0) is 9.42. The first-order valence-corrected chi connectivity index (χ1v) is 4.13. The normalized spacial score (nSPS) is 16.0. The van der Waals surface area contributed by atoms with Crippen molar-refractivity contribution in [2.24, 2.45) is 0 Å². The van der Waals surface area contributed by atoms with Crippen LogP contribution in [0.1, 0.15) is 30.3 Å². The summed E-state index contributed by atoms with van der Waals surface area (Å²) < 4.78 is 5.01. The third kappa shape index (κ3) is 1.63. The van der Waals surface area contributed by atoms with E-state index in [-0.39, 0.29) is 18.2 Å². The topological polar surface area (TPSA) is 89.3 Å². The van der Waals surface area contributed by atoms with E-state index in [1.54, 1.807) is 0 Å². The van der Waals surface area contributed by atoms with Crippen LogP contribution in [0.15, 0.2) is 4.42 Å². The van der Waals surface area contributed by atoms with E-state index in [4.69, 9.17) is 15.3 Å². The van der Waals surface area contributed by atoms with Gasteiger partial charge in [0.25, 0.3) is 0 Å². The molecule has 1 aliphatic rings. The maximum absolute atomic E-state index is 10.3. The summed E-state index contributed by atoms with van der Waals surface area (Å²) in [6.45, 7) is 0. The summed E-state index contributed by atoms with van der Waals surface area (Å²) in [4.78, 5) is 14.4. The Bertz CT molecular complexity index is 341. The molecule has 0 aromatic carbocycles. The van der Waals surface area contributed by atoms with Crippen LogP contribution in [-0.4, -0.2) is 16.1 Å². The molecule has 13 heavy (non-hydrogen) atoms. The zero-order valence-electron chi connectivity index (χ0n) is 6.99. The number of carbonyl (C=O) groups is 1. The van der Waals surface area contributed by atoms with Crippen LogP contribution in [0.4, 0.5) is 5.88 Å². The molecule has 0 amide bonds. The molecule has 0 unspecified atom stereocenters. The average Bonchev–Trinajstić information content (AvgIpc) is 2.77. The Morgan fingerprint density at radius 2 is 2.38 bits per heavy atom. The smallest absolute Gasteiger partial charge is 0.312 e. The number of nitrogens with zero attached hydrogens (tertiary/aromatic N) is 1. The number of nitrogen functional groups attached to an aromatic ring is 1.